The van der Waals surface area contributed by atoms with Crippen LogP contribution in [0.2, 0.25) is 0 Å². The van der Waals surface area contributed by atoms with Crippen molar-refractivity contribution < 1.29 is 24.4 Å². The topological polar surface area (TPSA) is 189 Å². The van der Waals surface area contributed by atoms with E-state index in [2.05, 4.69) is 130 Å². The molecule has 19 heteroatoms. The van der Waals surface area contributed by atoms with Gasteiger partial charge in [0.2, 0.25) is 11.9 Å². The number of hydroxylamine groups is 2. The summed E-state index contributed by atoms with van der Waals surface area (Å²) in [4.78, 5) is 50.7. The normalized spacial score (nSPS) is 16.8. The van der Waals surface area contributed by atoms with Gasteiger partial charge in [-0.05, 0) is 86.7 Å². The highest BCUT2D eigenvalue weighted by Gasteiger charge is 2.23. The highest BCUT2D eigenvalue weighted by Crippen LogP contribution is 2.25. The van der Waals surface area contributed by atoms with Crippen LogP contribution in [-0.2, 0) is 36.8 Å². The number of nitrogens with one attached hydrogen (secondary N) is 4. The van der Waals surface area contributed by atoms with E-state index in [1.807, 2.05) is 0 Å². The molecular formula is C47H62Cl2N12O5. The molecule has 2 amide bonds. The summed E-state index contributed by atoms with van der Waals surface area (Å²) >= 11 is 0. The molecule has 0 bridgehead atoms. The fourth-order valence-electron chi connectivity index (χ4n) is 8.88. The maximum atomic E-state index is 12.3. The molecular weight excluding hydrogens is 884 g/mol. The Bertz CT molecular complexity index is 2450. The minimum atomic E-state index is -0.604. The number of amides is 2. The number of aryl methyl sites for hydroxylation is 2. The third kappa shape index (κ3) is 12.7. The first-order valence-electron chi connectivity index (χ1n) is 22.5. The number of halogens is 2. The van der Waals surface area contributed by atoms with E-state index in [-0.39, 0.29) is 42.6 Å². The highest BCUT2D eigenvalue weighted by molar-refractivity contribution is 5.93. The quantitative estimate of drug-likeness (QED) is 0.0624. The lowest BCUT2D eigenvalue weighted by Gasteiger charge is -2.32. The van der Waals surface area contributed by atoms with Crippen LogP contribution in [0.4, 0.5) is 11.9 Å². The molecule has 0 saturated carbocycles. The van der Waals surface area contributed by atoms with Gasteiger partial charge in [0.05, 0.1) is 11.1 Å². The summed E-state index contributed by atoms with van der Waals surface area (Å²) in [7, 11) is 4.19. The number of fused-ring (bicyclic) bond motifs is 2. The second-order valence-corrected chi connectivity index (χ2v) is 17.0. The Labute approximate surface area is 397 Å². The second-order valence-electron chi connectivity index (χ2n) is 17.0. The molecule has 3 fully saturated rings. The molecule has 17 nitrogen and oxygen atoms in total. The molecule has 1 unspecified atom stereocenters. The molecule has 0 aliphatic carbocycles. The number of nitrogens with zero attached hydrogens (tertiary/aromatic N) is 8. The summed E-state index contributed by atoms with van der Waals surface area (Å²) in [6, 6.07) is 17.0. The average molecular weight is 946 g/mol. The SMILES string of the molecule is Cl.Cl.Cn1cc(CNCC2CCN(c3ncc(C(=O)NO)cn3)CC2)c2ccccc21.Cn1cc(CNCC2CCN(c3ncc(C(=O)NOC4CCCCO4)cn3)CC2)c2ccccc21. The van der Waals surface area contributed by atoms with E-state index < -0.39 is 5.91 Å². The lowest BCUT2D eigenvalue weighted by Crippen LogP contribution is -2.38. The molecule has 2 aromatic carbocycles. The van der Waals surface area contributed by atoms with E-state index in [0.717, 1.165) is 97.3 Å². The number of anilines is 2. The van der Waals surface area contributed by atoms with Gasteiger partial charge in [0.15, 0.2) is 6.29 Å². The van der Waals surface area contributed by atoms with Crippen LogP contribution in [-0.4, -0.2) is 98.3 Å². The van der Waals surface area contributed by atoms with Crippen LogP contribution in [0.5, 0.6) is 0 Å². The first kappa shape index (κ1) is 50.0. The zero-order chi connectivity index (χ0) is 44.3. The summed E-state index contributed by atoms with van der Waals surface area (Å²) < 4.78 is 9.83. The van der Waals surface area contributed by atoms with Crippen molar-refractivity contribution in [2.75, 3.05) is 55.7 Å². The number of hydrogen-bond donors (Lipinski definition) is 5. The molecule has 0 spiro atoms. The van der Waals surface area contributed by atoms with E-state index >= 15 is 0 Å². The molecule has 5 N–H and O–H groups in total. The minimum absolute atomic E-state index is 0. The Hall–Kier alpha value is -5.40. The maximum absolute atomic E-state index is 12.3. The van der Waals surface area contributed by atoms with Crippen LogP contribution in [0.3, 0.4) is 0 Å². The molecule has 66 heavy (non-hydrogen) atoms. The summed E-state index contributed by atoms with van der Waals surface area (Å²) in [5, 5.41) is 18.6. The van der Waals surface area contributed by atoms with Crippen molar-refractivity contribution in [3.05, 3.63) is 108 Å². The third-order valence-electron chi connectivity index (χ3n) is 12.6. The standard InChI is InChI=1S/C26H34N6O3.C21H26N6O2.2ClH/c1-31-18-21(22-6-2-3-7-23(22)31)15-27-14-19-9-11-32(12-10-19)26-28-16-20(17-29-26)25(33)30-35-24-8-4-5-13-34-24;1-26-14-17(18-4-2-3-5-19(18)26)11-22-10-15-6-8-27(9-7-15)21-23-12-16(13-24-21)20(28)25-29;;/h2-3,6-7,16-19,24,27H,4-5,8-15H2,1H3,(H,30,33);2-5,12-15,22,29H,6-11H2,1H3,(H,25,28);2*1H. The number of ether oxygens (including phenoxy) is 1. The third-order valence-corrected chi connectivity index (χ3v) is 12.6. The highest BCUT2D eigenvalue weighted by atomic mass is 35.5. The predicted octanol–water partition coefficient (Wildman–Crippen LogP) is 6.10. The van der Waals surface area contributed by atoms with Crippen LogP contribution in [0.25, 0.3) is 21.8 Å². The number of aromatic nitrogens is 6. The number of para-hydroxylation sites is 2. The van der Waals surface area contributed by atoms with Gasteiger partial charge in [0.1, 0.15) is 0 Å². The van der Waals surface area contributed by atoms with Crippen molar-refractivity contribution in [1.82, 2.24) is 50.7 Å². The first-order valence-corrected chi connectivity index (χ1v) is 22.5. The number of carbonyl (C=O) groups excluding carboxylic acids is 2. The zero-order valence-electron chi connectivity index (χ0n) is 37.6. The molecule has 0 radical (unpaired) electrons. The van der Waals surface area contributed by atoms with Crippen molar-refractivity contribution in [1.29, 1.82) is 0 Å². The van der Waals surface area contributed by atoms with Gasteiger partial charge in [-0.3, -0.25) is 14.8 Å². The number of carbonyl (C=O) groups is 2. The molecule has 3 aliphatic rings. The molecule has 9 rings (SSSR count). The lowest BCUT2D eigenvalue weighted by molar-refractivity contribution is -0.186. The van der Waals surface area contributed by atoms with Crippen LogP contribution < -0.4 is 31.4 Å². The van der Waals surface area contributed by atoms with Crippen molar-refractivity contribution in [3.8, 4) is 0 Å². The van der Waals surface area contributed by atoms with Crippen molar-refractivity contribution in [3.63, 3.8) is 0 Å². The monoisotopic (exact) mass is 944 g/mol. The molecule has 6 aromatic rings. The number of benzene rings is 2. The van der Waals surface area contributed by atoms with Crippen LogP contribution in [0.15, 0.2) is 85.7 Å². The second kappa shape index (κ2) is 24.4. The molecule has 354 valence electrons. The van der Waals surface area contributed by atoms with Crippen molar-refractivity contribution in [2.45, 2.75) is 64.3 Å². The number of piperidine rings is 2. The summed E-state index contributed by atoms with van der Waals surface area (Å²) in [6.07, 6.45) is 17.2. The van der Waals surface area contributed by atoms with Crippen LogP contribution in [0.1, 0.15) is 76.8 Å². The summed E-state index contributed by atoms with van der Waals surface area (Å²) in [5.41, 5.74) is 9.86. The molecule has 7 heterocycles. The predicted molar refractivity (Wildman–Crippen MR) is 259 cm³/mol. The van der Waals surface area contributed by atoms with Gasteiger partial charge in [0.25, 0.3) is 11.8 Å². The van der Waals surface area contributed by atoms with Gasteiger partial charge in [0, 0.05) is 125 Å². The Kier molecular flexibility index (Phi) is 18.5. The van der Waals surface area contributed by atoms with Crippen LogP contribution >= 0.6 is 24.8 Å². The average Bonchev–Trinajstić information content (AvgIpc) is 3.85. The molecule has 4 aromatic heterocycles. The van der Waals surface area contributed by atoms with Gasteiger partial charge in [-0.25, -0.2) is 35.7 Å². The molecule has 3 aliphatic heterocycles. The van der Waals surface area contributed by atoms with Gasteiger partial charge >= 0.3 is 0 Å². The zero-order valence-corrected chi connectivity index (χ0v) is 39.2. The smallest absolute Gasteiger partial charge is 0.278 e. The fraction of sp³-hybridized carbons (Fsp3) is 0.447. The van der Waals surface area contributed by atoms with Crippen molar-refractivity contribution in [2.24, 2.45) is 25.9 Å². The lowest BCUT2D eigenvalue weighted by atomic mass is 9.97. The van der Waals surface area contributed by atoms with Gasteiger partial charge in [-0.15, -0.1) is 24.8 Å². The Morgan fingerprint density at radius 1 is 0.667 bits per heavy atom. The maximum Gasteiger partial charge on any atom is 0.278 e. The van der Waals surface area contributed by atoms with E-state index in [1.54, 1.807) is 17.9 Å². The number of rotatable bonds is 14. The van der Waals surface area contributed by atoms with Gasteiger partial charge in [-0.1, -0.05) is 36.4 Å². The first-order chi connectivity index (χ1) is 31.3. The Morgan fingerprint density at radius 3 is 1.56 bits per heavy atom. The van der Waals surface area contributed by atoms with Gasteiger partial charge in [-0.2, -0.15) is 0 Å². The van der Waals surface area contributed by atoms with E-state index in [9.17, 15) is 9.59 Å². The molecule has 3 saturated heterocycles. The van der Waals surface area contributed by atoms with Crippen LogP contribution in [0, 0.1) is 11.8 Å². The van der Waals surface area contributed by atoms with E-state index in [4.69, 9.17) is 14.8 Å². The Balaban J connectivity index is 0.000000215. The summed E-state index contributed by atoms with van der Waals surface area (Å²) in [6.45, 7) is 8.02. The van der Waals surface area contributed by atoms with Gasteiger partial charge < -0.3 is 34.3 Å². The van der Waals surface area contributed by atoms with E-state index in [1.165, 1.54) is 45.3 Å². The summed E-state index contributed by atoms with van der Waals surface area (Å²) in [5.74, 6) is 1.59. The fourth-order valence-corrected chi connectivity index (χ4v) is 8.88. The molecule has 1 atom stereocenters. The van der Waals surface area contributed by atoms with Crippen molar-refractivity contribution >= 4 is 70.3 Å². The Morgan fingerprint density at radius 2 is 1.12 bits per heavy atom. The van der Waals surface area contributed by atoms with E-state index in [0.29, 0.717) is 35.9 Å². The minimum Gasteiger partial charge on any atom is -0.350 e. The largest absolute Gasteiger partial charge is 0.350 e. The number of hydrogen-bond acceptors (Lipinski definition) is 13.